The Morgan fingerprint density at radius 2 is 2.07 bits per heavy atom. The zero-order valence-electron chi connectivity index (χ0n) is 8.24. The number of ether oxygens (including phenoxy) is 2. The van der Waals surface area contributed by atoms with Crippen LogP contribution in [0.1, 0.15) is 0 Å². The molecule has 0 saturated carbocycles. The van der Waals surface area contributed by atoms with Gasteiger partial charge in [0.05, 0.1) is 13.2 Å². The van der Waals surface area contributed by atoms with Crippen molar-refractivity contribution in [1.82, 2.24) is 0 Å². The van der Waals surface area contributed by atoms with Crippen molar-refractivity contribution in [2.45, 2.75) is 18.3 Å². The minimum Gasteiger partial charge on any atom is -0.485 e. The molecule has 1 aliphatic rings. The van der Waals surface area contributed by atoms with Crippen molar-refractivity contribution >= 4 is 0 Å². The second-order valence-corrected chi connectivity index (χ2v) is 3.51. The number of benzene rings is 1. The number of hydrogen-bond acceptors (Lipinski definition) is 4. The molecule has 0 amide bonds. The quantitative estimate of drug-likeness (QED) is 0.747. The minimum absolute atomic E-state index is 0.185. The number of aliphatic hydroxyl groups excluding tert-OH is 2. The fourth-order valence-electron chi connectivity index (χ4n) is 1.59. The van der Waals surface area contributed by atoms with Gasteiger partial charge in [0.15, 0.2) is 6.10 Å². The predicted molar refractivity (Wildman–Crippen MR) is 53.7 cm³/mol. The Kier molecular flexibility index (Phi) is 3.20. The molecule has 0 spiro atoms. The van der Waals surface area contributed by atoms with E-state index in [0.717, 1.165) is 0 Å². The lowest BCUT2D eigenvalue weighted by atomic mass is 10.1. The van der Waals surface area contributed by atoms with E-state index in [0.29, 0.717) is 12.4 Å². The van der Waals surface area contributed by atoms with Crippen LogP contribution in [-0.2, 0) is 4.74 Å². The zero-order valence-corrected chi connectivity index (χ0v) is 8.24. The van der Waals surface area contributed by atoms with Crippen LogP contribution in [0.2, 0.25) is 0 Å². The molecular formula is C11H14O4. The van der Waals surface area contributed by atoms with Gasteiger partial charge in [0.1, 0.15) is 18.0 Å². The Morgan fingerprint density at radius 1 is 1.33 bits per heavy atom. The van der Waals surface area contributed by atoms with E-state index in [1.807, 2.05) is 30.3 Å². The molecular weight excluding hydrogens is 196 g/mol. The van der Waals surface area contributed by atoms with Gasteiger partial charge in [0, 0.05) is 0 Å². The summed E-state index contributed by atoms with van der Waals surface area (Å²) >= 11 is 0. The van der Waals surface area contributed by atoms with E-state index in [4.69, 9.17) is 14.6 Å². The van der Waals surface area contributed by atoms with Gasteiger partial charge in [-0.3, -0.25) is 0 Å². The first-order valence-corrected chi connectivity index (χ1v) is 4.93. The maximum atomic E-state index is 9.70. The van der Waals surface area contributed by atoms with E-state index in [2.05, 4.69) is 0 Å². The number of hydrogen-bond donors (Lipinski definition) is 2. The molecule has 82 valence electrons. The van der Waals surface area contributed by atoms with Crippen LogP contribution in [0.4, 0.5) is 0 Å². The number of aliphatic hydroxyl groups is 2. The largest absolute Gasteiger partial charge is 0.485 e. The standard InChI is InChI=1S/C11H14O4/c12-6-9-11(13)10(7-14-9)15-8-4-2-1-3-5-8/h1-5,9-13H,6-7H2/t9-,10+,11-/m1/s1. The van der Waals surface area contributed by atoms with Crippen LogP contribution < -0.4 is 4.74 Å². The molecule has 1 fully saturated rings. The first-order valence-electron chi connectivity index (χ1n) is 4.93. The molecule has 4 heteroatoms. The normalized spacial score (nSPS) is 30.4. The number of rotatable bonds is 3. The second-order valence-electron chi connectivity index (χ2n) is 3.51. The average Bonchev–Trinajstić information content (AvgIpc) is 2.62. The SMILES string of the molecule is OC[C@H]1OC[C@H](Oc2ccccc2)[C@@H]1O. The summed E-state index contributed by atoms with van der Waals surface area (Å²) in [5.74, 6) is 0.698. The third-order valence-electron chi connectivity index (χ3n) is 2.45. The first-order chi connectivity index (χ1) is 7.31. The van der Waals surface area contributed by atoms with Gasteiger partial charge in [0.2, 0.25) is 0 Å². The van der Waals surface area contributed by atoms with Gasteiger partial charge in [-0.25, -0.2) is 0 Å². The molecule has 1 aromatic rings. The van der Waals surface area contributed by atoms with Crippen LogP contribution in [0, 0.1) is 0 Å². The van der Waals surface area contributed by atoms with Crippen LogP contribution in [0.25, 0.3) is 0 Å². The first kappa shape index (κ1) is 10.4. The molecule has 4 nitrogen and oxygen atoms in total. The molecule has 3 atom stereocenters. The smallest absolute Gasteiger partial charge is 0.150 e. The molecule has 0 bridgehead atoms. The molecule has 1 heterocycles. The molecule has 0 aromatic heterocycles. The Bertz CT molecular complexity index is 301. The van der Waals surface area contributed by atoms with Gasteiger partial charge in [-0.15, -0.1) is 0 Å². The lowest BCUT2D eigenvalue weighted by molar-refractivity contribution is -0.00327. The van der Waals surface area contributed by atoms with E-state index in [-0.39, 0.29) is 6.61 Å². The lowest BCUT2D eigenvalue weighted by Gasteiger charge is -2.17. The zero-order chi connectivity index (χ0) is 10.7. The average molecular weight is 210 g/mol. The Morgan fingerprint density at radius 3 is 2.67 bits per heavy atom. The van der Waals surface area contributed by atoms with Crippen molar-refractivity contribution in [2.24, 2.45) is 0 Å². The third kappa shape index (κ3) is 2.28. The van der Waals surface area contributed by atoms with Crippen molar-refractivity contribution in [3.8, 4) is 5.75 Å². The highest BCUT2D eigenvalue weighted by atomic mass is 16.6. The van der Waals surface area contributed by atoms with Gasteiger partial charge >= 0.3 is 0 Å². The summed E-state index contributed by atoms with van der Waals surface area (Å²) in [4.78, 5) is 0. The Labute approximate surface area is 88.1 Å². The van der Waals surface area contributed by atoms with Crippen molar-refractivity contribution in [3.63, 3.8) is 0 Å². The summed E-state index contributed by atoms with van der Waals surface area (Å²) in [6, 6.07) is 9.26. The fourth-order valence-corrected chi connectivity index (χ4v) is 1.59. The van der Waals surface area contributed by atoms with Crippen molar-refractivity contribution < 1.29 is 19.7 Å². The molecule has 2 N–H and O–H groups in total. The van der Waals surface area contributed by atoms with E-state index < -0.39 is 18.3 Å². The monoisotopic (exact) mass is 210 g/mol. The van der Waals surface area contributed by atoms with Crippen molar-refractivity contribution in [3.05, 3.63) is 30.3 Å². The predicted octanol–water partition coefficient (Wildman–Crippen LogP) is 0.186. The number of para-hydroxylation sites is 1. The van der Waals surface area contributed by atoms with Gasteiger partial charge in [0.25, 0.3) is 0 Å². The molecule has 0 radical (unpaired) electrons. The molecule has 15 heavy (non-hydrogen) atoms. The second kappa shape index (κ2) is 4.61. The molecule has 0 unspecified atom stereocenters. The van der Waals surface area contributed by atoms with E-state index >= 15 is 0 Å². The summed E-state index contributed by atoms with van der Waals surface area (Å²) in [5, 5.41) is 18.6. The van der Waals surface area contributed by atoms with Crippen LogP contribution in [0.5, 0.6) is 5.75 Å². The maximum Gasteiger partial charge on any atom is 0.150 e. The summed E-state index contributed by atoms with van der Waals surface area (Å²) in [6.45, 7) is 0.122. The van der Waals surface area contributed by atoms with Crippen LogP contribution in [-0.4, -0.2) is 41.7 Å². The van der Waals surface area contributed by atoms with Gasteiger partial charge in [-0.1, -0.05) is 18.2 Å². The third-order valence-corrected chi connectivity index (χ3v) is 2.45. The highest BCUT2D eigenvalue weighted by Crippen LogP contribution is 2.20. The molecule has 0 aliphatic carbocycles. The van der Waals surface area contributed by atoms with Crippen LogP contribution in [0.15, 0.2) is 30.3 Å². The van der Waals surface area contributed by atoms with Gasteiger partial charge in [-0.2, -0.15) is 0 Å². The highest BCUT2D eigenvalue weighted by molar-refractivity contribution is 5.21. The van der Waals surface area contributed by atoms with Crippen LogP contribution in [0.3, 0.4) is 0 Å². The summed E-state index contributed by atoms with van der Waals surface area (Å²) in [7, 11) is 0. The summed E-state index contributed by atoms with van der Waals surface area (Å²) in [5.41, 5.74) is 0. The van der Waals surface area contributed by atoms with E-state index in [9.17, 15) is 5.11 Å². The molecule has 1 aromatic carbocycles. The van der Waals surface area contributed by atoms with E-state index in [1.165, 1.54) is 0 Å². The summed E-state index contributed by atoms with van der Waals surface area (Å²) < 4.78 is 10.7. The fraction of sp³-hybridized carbons (Fsp3) is 0.455. The van der Waals surface area contributed by atoms with Gasteiger partial charge < -0.3 is 19.7 Å². The van der Waals surface area contributed by atoms with Crippen molar-refractivity contribution in [1.29, 1.82) is 0 Å². The molecule has 1 aliphatic heterocycles. The Hall–Kier alpha value is -1.10. The van der Waals surface area contributed by atoms with Gasteiger partial charge in [-0.05, 0) is 12.1 Å². The van der Waals surface area contributed by atoms with Crippen molar-refractivity contribution in [2.75, 3.05) is 13.2 Å². The topological polar surface area (TPSA) is 58.9 Å². The highest BCUT2D eigenvalue weighted by Gasteiger charge is 2.36. The minimum atomic E-state index is -0.768. The van der Waals surface area contributed by atoms with Crippen LogP contribution >= 0.6 is 0 Å². The Balaban J connectivity index is 1.96. The summed E-state index contributed by atoms with van der Waals surface area (Å²) in [6.07, 6.45) is -1.70. The molecule has 1 saturated heterocycles. The maximum absolute atomic E-state index is 9.70. The van der Waals surface area contributed by atoms with E-state index in [1.54, 1.807) is 0 Å². The lowest BCUT2D eigenvalue weighted by Crippen LogP contribution is -2.35. The molecule has 2 rings (SSSR count).